The Morgan fingerprint density at radius 1 is 0.346 bits per heavy atom. The molecule has 0 aliphatic rings. The van der Waals surface area contributed by atoms with Gasteiger partial charge in [-0.2, -0.15) is 0 Å². The molecule has 0 unspecified atom stereocenters. The van der Waals surface area contributed by atoms with Gasteiger partial charge in [0.2, 0.25) is 0 Å². The molecule has 0 fully saturated rings. The Labute approximate surface area is 304 Å². The lowest BCUT2D eigenvalue weighted by Crippen LogP contribution is -2.09. The molecule has 9 aromatic rings. The highest BCUT2D eigenvalue weighted by atomic mass is 16.3. The van der Waals surface area contributed by atoms with Gasteiger partial charge in [0.05, 0.1) is 0 Å². The van der Waals surface area contributed by atoms with Gasteiger partial charge in [-0.15, -0.1) is 0 Å². The van der Waals surface area contributed by atoms with Crippen LogP contribution in [-0.2, 0) is 0 Å². The fourth-order valence-electron chi connectivity index (χ4n) is 7.55. The van der Waals surface area contributed by atoms with Crippen molar-refractivity contribution in [2.24, 2.45) is 0 Å². The molecule has 0 spiro atoms. The van der Waals surface area contributed by atoms with Gasteiger partial charge in [-0.25, -0.2) is 0 Å². The van der Waals surface area contributed by atoms with E-state index in [0.717, 1.165) is 50.1 Å². The zero-order valence-corrected chi connectivity index (χ0v) is 29.3. The predicted molar refractivity (Wildman–Crippen MR) is 220 cm³/mol. The summed E-state index contributed by atoms with van der Waals surface area (Å²) in [6, 6.07) is 67.1. The normalized spacial score (nSPS) is 11.3. The fourth-order valence-corrected chi connectivity index (χ4v) is 7.55. The number of fused-ring (bicyclic) bond motifs is 3. The number of furan rings is 1. The molecule has 2 nitrogen and oxygen atoms in total. The van der Waals surface area contributed by atoms with E-state index in [4.69, 9.17) is 4.42 Å². The minimum atomic E-state index is 0.909. The maximum atomic E-state index is 6.39. The Morgan fingerprint density at radius 2 is 0.827 bits per heavy atom. The van der Waals surface area contributed by atoms with Crippen LogP contribution in [0, 0.1) is 13.8 Å². The van der Waals surface area contributed by atoms with Crippen LogP contribution in [0.1, 0.15) is 11.1 Å². The Morgan fingerprint density at radius 3 is 1.52 bits per heavy atom. The third-order valence-corrected chi connectivity index (χ3v) is 10.3. The van der Waals surface area contributed by atoms with Gasteiger partial charge in [-0.1, -0.05) is 146 Å². The van der Waals surface area contributed by atoms with Crippen LogP contribution in [0.5, 0.6) is 0 Å². The Bertz CT molecular complexity index is 2670. The molecule has 248 valence electrons. The van der Waals surface area contributed by atoms with Crippen LogP contribution in [0.3, 0.4) is 0 Å². The number of hydrogen-bond donors (Lipinski definition) is 0. The molecule has 0 bridgehead atoms. The maximum absolute atomic E-state index is 6.39. The second-order valence-electron chi connectivity index (χ2n) is 13.4. The summed E-state index contributed by atoms with van der Waals surface area (Å²) in [4.78, 5) is 2.33. The van der Waals surface area contributed by atoms with Crippen molar-refractivity contribution < 1.29 is 4.42 Å². The van der Waals surface area contributed by atoms with E-state index in [1.54, 1.807) is 0 Å². The lowest BCUT2D eigenvalue weighted by atomic mass is 9.91. The Balaban J connectivity index is 1.10. The molecule has 0 saturated heterocycles. The summed E-state index contributed by atoms with van der Waals surface area (Å²) in [5.74, 6) is 0. The third kappa shape index (κ3) is 5.65. The van der Waals surface area contributed by atoms with Crippen molar-refractivity contribution in [3.05, 3.63) is 199 Å². The molecule has 1 aromatic heterocycles. The molecule has 1 heterocycles. The number of aryl methyl sites for hydroxylation is 1. The molecule has 2 heteroatoms. The van der Waals surface area contributed by atoms with Crippen LogP contribution in [0.15, 0.2) is 192 Å². The summed E-state index contributed by atoms with van der Waals surface area (Å²) < 4.78 is 6.39. The summed E-state index contributed by atoms with van der Waals surface area (Å²) in [6.07, 6.45) is 0. The van der Waals surface area contributed by atoms with Gasteiger partial charge >= 0.3 is 0 Å². The van der Waals surface area contributed by atoms with Crippen molar-refractivity contribution in [3.8, 4) is 44.5 Å². The van der Waals surface area contributed by atoms with Gasteiger partial charge in [0.15, 0.2) is 0 Å². The molecule has 0 radical (unpaired) electrons. The molecule has 52 heavy (non-hydrogen) atoms. The molecule has 0 atom stereocenters. The van der Waals surface area contributed by atoms with Crippen LogP contribution in [-0.4, -0.2) is 0 Å². The molecular formula is C50H37NO. The van der Waals surface area contributed by atoms with Gasteiger partial charge < -0.3 is 9.32 Å². The summed E-state index contributed by atoms with van der Waals surface area (Å²) in [5.41, 5.74) is 17.3. The molecule has 0 amide bonds. The topological polar surface area (TPSA) is 16.4 Å². The highest BCUT2D eigenvalue weighted by molar-refractivity contribution is 6.09. The van der Waals surface area contributed by atoms with Gasteiger partial charge in [0.25, 0.3) is 0 Å². The Hall–Kier alpha value is -6.64. The maximum Gasteiger partial charge on any atom is 0.143 e. The first-order valence-electron chi connectivity index (χ1n) is 17.8. The van der Waals surface area contributed by atoms with Crippen molar-refractivity contribution in [2.75, 3.05) is 4.90 Å². The van der Waals surface area contributed by atoms with E-state index < -0.39 is 0 Å². The average molecular weight is 668 g/mol. The predicted octanol–water partition coefficient (Wildman–Crippen LogP) is 14.3. The van der Waals surface area contributed by atoms with E-state index in [1.807, 2.05) is 12.1 Å². The minimum absolute atomic E-state index is 0.909. The summed E-state index contributed by atoms with van der Waals surface area (Å²) in [7, 11) is 0. The zero-order valence-electron chi connectivity index (χ0n) is 29.3. The van der Waals surface area contributed by atoms with Gasteiger partial charge in [-0.05, 0) is 106 Å². The molecule has 8 aromatic carbocycles. The van der Waals surface area contributed by atoms with E-state index in [1.165, 1.54) is 44.5 Å². The number of nitrogens with zero attached hydrogens (tertiary/aromatic N) is 1. The number of anilines is 3. The van der Waals surface area contributed by atoms with E-state index >= 15 is 0 Å². The zero-order chi connectivity index (χ0) is 35.0. The first-order valence-corrected chi connectivity index (χ1v) is 17.8. The summed E-state index contributed by atoms with van der Waals surface area (Å²) >= 11 is 0. The van der Waals surface area contributed by atoms with Crippen molar-refractivity contribution in [3.63, 3.8) is 0 Å². The number of benzene rings is 8. The van der Waals surface area contributed by atoms with Crippen LogP contribution >= 0.6 is 0 Å². The van der Waals surface area contributed by atoms with E-state index in [2.05, 4.69) is 195 Å². The molecule has 0 N–H and O–H groups in total. The molecule has 9 rings (SSSR count). The standard InChI is InChI=1S/C50H37NO/c1-34-12-6-7-15-43(34)45-18-10-17-44(35(45)2)38-24-30-41(31-25-38)51(40-28-22-37(23-29-40)36-13-4-3-5-14-36)42-32-26-39(27-33-42)46-19-11-20-48-47-16-8-9-21-49(47)52-50(46)48/h3-33H,1-2H3. The SMILES string of the molecule is Cc1ccccc1-c1cccc(-c2ccc(N(c3ccc(-c4ccccc4)cc3)c3ccc(-c4cccc5c4oc4ccccc45)cc3)cc2)c1C. The second-order valence-corrected chi connectivity index (χ2v) is 13.4. The average Bonchev–Trinajstić information content (AvgIpc) is 3.59. The first-order chi connectivity index (χ1) is 25.6. The molecule has 0 aliphatic heterocycles. The third-order valence-electron chi connectivity index (χ3n) is 10.3. The lowest BCUT2D eigenvalue weighted by molar-refractivity contribution is 0.670. The van der Waals surface area contributed by atoms with E-state index in [-0.39, 0.29) is 0 Å². The number of para-hydroxylation sites is 2. The first kappa shape index (κ1) is 31.3. The van der Waals surface area contributed by atoms with Gasteiger partial charge in [0.1, 0.15) is 11.2 Å². The number of hydrogen-bond acceptors (Lipinski definition) is 2. The number of rotatable bonds is 7. The molecule has 0 aliphatic carbocycles. The fraction of sp³-hybridized carbons (Fsp3) is 0.0400. The van der Waals surface area contributed by atoms with Crippen LogP contribution in [0.25, 0.3) is 66.4 Å². The smallest absolute Gasteiger partial charge is 0.143 e. The summed E-state index contributed by atoms with van der Waals surface area (Å²) in [6.45, 7) is 4.42. The van der Waals surface area contributed by atoms with E-state index in [0.29, 0.717) is 0 Å². The van der Waals surface area contributed by atoms with Crippen LogP contribution in [0.2, 0.25) is 0 Å². The van der Waals surface area contributed by atoms with Crippen LogP contribution < -0.4 is 4.90 Å². The second kappa shape index (κ2) is 13.2. The van der Waals surface area contributed by atoms with Crippen molar-refractivity contribution in [1.82, 2.24) is 0 Å². The quantitative estimate of drug-likeness (QED) is 0.168. The van der Waals surface area contributed by atoms with Crippen molar-refractivity contribution >= 4 is 39.0 Å². The highest BCUT2D eigenvalue weighted by Gasteiger charge is 2.17. The van der Waals surface area contributed by atoms with Gasteiger partial charge in [-0.3, -0.25) is 0 Å². The Kier molecular flexibility index (Phi) is 7.98. The molecular weight excluding hydrogens is 631 g/mol. The van der Waals surface area contributed by atoms with E-state index in [9.17, 15) is 0 Å². The summed E-state index contributed by atoms with van der Waals surface area (Å²) in [5, 5.41) is 2.28. The van der Waals surface area contributed by atoms with Crippen molar-refractivity contribution in [1.29, 1.82) is 0 Å². The largest absolute Gasteiger partial charge is 0.455 e. The highest BCUT2D eigenvalue weighted by Crippen LogP contribution is 2.41. The van der Waals surface area contributed by atoms with Crippen molar-refractivity contribution in [2.45, 2.75) is 13.8 Å². The minimum Gasteiger partial charge on any atom is -0.455 e. The van der Waals surface area contributed by atoms with Gasteiger partial charge in [0, 0.05) is 33.4 Å². The van der Waals surface area contributed by atoms with Crippen LogP contribution in [0.4, 0.5) is 17.1 Å². The molecule has 0 saturated carbocycles. The lowest BCUT2D eigenvalue weighted by Gasteiger charge is -2.26. The monoisotopic (exact) mass is 667 g/mol.